The SMILES string of the molecule is COC(=O)C1CC/C(=C(/C#N)C(=O)OC(C)(C)C)N1. The van der Waals surface area contributed by atoms with Crippen molar-refractivity contribution < 1.29 is 19.1 Å². The molecule has 1 N–H and O–H groups in total. The molecule has 0 radical (unpaired) electrons. The zero-order chi connectivity index (χ0) is 14.6. The van der Waals surface area contributed by atoms with Crippen LogP contribution in [-0.4, -0.2) is 30.7 Å². The fourth-order valence-electron chi connectivity index (χ4n) is 1.72. The van der Waals surface area contributed by atoms with Crippen LogP contribution in [-0.2, 0) is 19.1 Å². The van der Waals surface area contributed by atoms with E-state index in [0.29, 0.717) is 18.5 Å². The zero-order valence-electron chi connectivity index (χ0n) is 11.6. The van der Waals surface area contributed by atoms with Gasteiger partial charge in [0.1, 0.15) is 17.7 Å². The van der Waals surface area contributed by atoms with Gasteiger partial charge in [0.15, 0.2) is 5.57 Å². The van der Waals surface area contributed by atoms with Crippen molar-refractivity contribution in [2.45, 2.75) is 45.3 Å². The highest BCUT2D eigenvalue weighted by Gasteiger charge is 2.31. The van der Waals surface area contributed by atoms with Crippen molar-refractivity contribution in [2.75, 3.05) is 7.11 Å². The lowest BCUT2D eigenvalue weighted by Gasteiger charge is -2.19. The van der Waals surface area contributed by atoms with Crippen LogP contribution in [0.1, 0.15) is 33.6 Å². The van der Waals surface area contributed by atoms with Crippen molar-refractivity contribution in [1.29, 1.82) is 5.26 Å². The average Bonchev–Trinajstić information content (AvgIpc) is 2.76. The monoisotopic (exact) mass is 266 g/mol. The van der Waals surface area contributed by atoms with E-state index < -0.39 is 23.6 Å². The van der Waals surface area contributed by atoms with Gasteiger partial charge in [0, 0.05) is 5.70 Å². The van der Waals surface area contributed by atoms with E-state index in [1.165, 1.54) is 7.11 Å². The summed E-state index contributed by atoms with van der Waals surface area (Å²) in [5.41, 5.74) is -0.311. The number of hydrogen-bond acceptors (Lipinski definition) is 6. The summed E-state index contributed by atoms with van der Waals surface area (Å²) in [6, 6.07) is 1.33. The number of carbonyl (C=O) groups excluding carboxylic acids is 2. The number of nitriles is 1. The Hall–Kier alpha value is -2.03. The predicted octanol–water partition coefficient (Wildman–Crippen LogP) is 1.03. The number of ether oxygens (including phenoxy) is 2. The van der Waals surface area contributed by atoms with Gasteiger partial charge in [0.2, 0.25) is 0 Å². The van der Waals surface area contributed by atoms with Crippen molar-refractivity contribution in [3.8, 4) is 6.07 Å². The fraction of sp³-hybridized carbons (Fsp3) is 0.615. The van der Waals surface area contributed by atoms with Gasteiger partial charge in [-0.3, -0.25) is 0 Å². The molecule has 1 saturated heterocycles. The van der Waals surface area contributed by atoms with E-state index in [9.17, 15) is 9.59 Å². The first kappa shape index (κ1) is 15.0. The molecule has 0 aromatic rings. The molecule has 1 fully saturated rings. The van der Waals surface area contributed by atoms with E-state index in [4.69, 9.17) is 10.00 Å². The van der Waals surface area contributed by atoms with Crippen molar-refractivity contribution in [3.05, 3.63) is 11.3 Å². The second kappa shape index (κ2) is 5.74. The van der Waals surface area contributed by atoms with Crippen LogP contribution < -0.4 is 5.32 Å². The van der Waals surface area contributed by atoms with Crippen LogP contribution in [0.15, 0.2) is 11.3 Å². The Labute approximate surface area is 112 Å². The normalized spacial score (nSPS) is 21.1. The first-order valence-electron chi connectivity index (χ1n) is 5.99. The summed E-state index contributed by atoms with van der Waals surface area (Å²) in [6.45, 7) is 5.18. The number of esters is 2. The maximum Gasteiger partial charge on any atom is 0.351 e. The van der Waals surface area contributed by atoms with Gasteiger partial charge in [0.25, 0.3) is 0 Å². The molecule has 6 nitrogen and oxygen atoms in total. The lowest BCUT2D eigenvalue weighted by Crippen LogP contribution is -2.32. The summed E-state index contributed by atoms with van der Waals surface area (Å²) >= 11 is 0. The summed E-state index contributed by atoms with van der Waals surface area (Å²) in [5, 5.41) is 11.9. The number of hydrogen-bond donors (Lipinski definition) is 1. The number of nitrogens with one attached hydrogen (secondary N) is 1. The van der Waals surface area contributed by atoms with E-state index in [-0.39, 0.29) is 5.57 Å². The number of nitrogens with zero attached hydrogens (tertiary/aromatic N) is 1. The summed E-state index contributed by atoms with van der Waals surface area (Å²) < 4.78 is 9.76. The van der Waals surface area contributed by atoms with Gasteiger partial charge in [-0.2, -0.15) is 5.26 Å². The Bertz CT molecular complexity index is 454. The minimum atomic E-state index is -0.678. The average molecular weight is 266 g/mol. The number of allylic oxidation sites excluding steroid dienone is 1. The molecule has 1 heterocycles. The second-order valence-corrected chi connectivity index (χ2v) is 5.23. The Kier molecular flexibility index (Phi) is 4.54. The summed E-state index contributed by atoms with van der Waals surface area (Å²) in [6.07, 6.45) is 0.942. The molecule has 0 aromatic carbocycles. The Balaban J connectivity index is 2.86. The number of rotatable bonds is 2. The highest BCUT2D eigenvalue weighted by Crippen LogP contribution is 2.21. The van der Waals surface area contributed by atoms with Crippen molar-refractivity contribution >= 4 is 11.9 Å². The molecule has 1 atom stereocenters. The van der Waals surface area contributed by atoms with Crippen molar-refractivity contribution in [1.82, 2.24) is 5.32 Å². The summed E-state index contributed by atoms with van der Waals surface area (Å²) in [7, 11) is 1.30. The van der Waals surface area contributed by atoms with Crippen LogP contribution in [0.3, 0.4) is 0 Å². The molecule has 1 rings (SSSR count). The smallest absolute Gasteiger partial charge is 0.351 e. The molecule has 0 bridgehead atoms. The van der Waals surface area contributed by atoms with Gasteiger partial charge in [-0.1, -0.05) is 0 Å². The molecule has 0 aliphatic carbocycles. The third-order valence-corrected chi connectivity index (χ3v) is 2.53. The second-order valence-electron chi connectivity index (χ2n) is 5.23. The topological polar surface area (TPSA) is 88.4 Å². The number of methoxy groups -OCH3 is 1. The number of carbonyl (C=O) groups is 2. The molecule has 0 saturated carbocycles. The minimum absolute atomic E-state index is 0.0821. The van der Waals surface area contributed by atoms with Crippen LogP contribution in [0, 0.1) is 11.3 Å². The molecule has 1 aliphatic rings. The van der Waals surface area contributed by atoms with Crippen molar-refractivity contribution in [3.63, 3.8) is 0 Å². The van der Waals surface area contributed by atoms with Gasteiger partial charge >= 0.3 is 11.9 Å². The molecule has 0 amide bonds. The van der Waals surface area contributed by atoms with Gasteiger partial charge in [-0.15, -0.1) is 0 Å². The molecule has 1 unspecified atom stereocenters. The Morgan fingerprint density at radius 3 is 2.53 bits per heavy atom. The molecule has 1 aliphatic heterocycles. The Morgan fingerprint density at radius 2 is 2.05 bits per heavy atom. The maximum atomic E-state index is 11.9. The molecule has 0 aromatic heterocycles. The summed E-state index contributed by atoms with van der Waals surface area (Å²) in [4.78, 5) is 23.2. The molecule has 19 heavy (non-hydrogen) atoms. The zero-order valence-corrected chi connectivity index (χ0v) is 11.6. The fourth-order valence-corrected chi connectivity index (χ4v) is 1.72. The third-order valence-electron chi connectivity index (χ3n) is 2.53. The van der Waals surface area contributed by atoms with Crippen LogP contribution in [0.2, 0.25) is 0 Å². The van der Waals surface area contributed by atoms with Gasteiger partial charge < -0.3 is 14.8 Å². The largest absolute Gasteiger partial charge is 0.467 e. The van der Waals surface area contributed by atoms with Crippen LogP contribution in [0.5, 0.6) is 0 Å². The Morgan fingerprint density at radius 1 is 1.42 bits per heavy atom. The molecule has 104 valence electrons. The minimum Gasteiger partial charge on any atom is -0.467 e. The van der Waals surface area contributed by atoms with Gasteiger partial charge in [-0.25, -0.2) is 9.59 Å². The molecular formula is C13H18N2O4. The van der Waals surface area contributed by atoms with E-state index in [1.807, 2.05) is 6.07 Å². The van der Waals surface area contributed by atoms with E-state index in [0.717, 1.165) is 0 Å². The van der Waals surface area contributed by atoms with E-state index in [2.05, 4.69) is 10.1 Å². The molecule has 6 heteroatoms. The van der Waals surface area contributed by atoms with E-state index in [1.54, 1.807) is 20.8 Å². The van der Waals surface area contributed by atoms with Gasteiger partial charge in [-0.05, 0) is 33.6 Å². The lowest BCUT2D eigenvalue weighted by atomic mass is 10.1. The highest BCUT2D eigenvalue weighted by atomic mass is 16.6. The van der Waals surface area contributed by atoms with Crippen molar-refractivity contribution in [2.24, 2.45) is 0 Å². The van der Waals surface area contributed by atoms with Gasteiger partial charge in [0.05, 0.1) is 7.11 Å². The lowest BCUT2D eigenvalue weighted by molar-refractivity contribution is -0.149. The van der Waals surface area contributed by atoms with E-state index >= 15 is 0 Å². The van der Waals surface area contributed by atoms with Crippen LogP contribution in [0.4, 0.5) is 0 Å². The molecular weight excluding hydrogens is 248 g/mol. The summed E-state index contributed by atoms with van der Waals surface area (Å²) in [5.74, 6) is -1.08. The highest BCUT2D eigenvalue weighted by molar-refractivity contribution is 5.94. The quantitative estimate of drug-likeness (QED) is 0.456. The first-order chi connectivity index (χ1) is 8.78. The van der Waals surface area contributed by atoms with Crippen LogP contribution in [0.25, 0.3) is 0 Å². The third kappa shape index (κ3) is 3.98. The predicted molar refractivity (Wildman–Crippen MR) is 66.7 cm³/mol. The first-order valence-corrected chi connectivity index (χ1v) is 5.99. The van der Waals surface area contributed by atoms with Crippen LogP contribution >= 0.6 is 0 Å². The standard InChI is InChI=1S/C13H18N2O4/c1-13(2,3)19-11(16)8(7-14)9-5-6-10(15-9)12(17)18-4/h10,15H,5-6H2,1-4H3/b9-8+. The maximum absolute atomic E-state index is 11.9. The molecule has 0 spiro atoms.